The maximum Gasteiger partial charge on any atom is -0.0225 e. The zero-order valence-electron chi connectivity index (χ0n) is 11.6. The standard InChI is InChI=1S/C13H22.C2H6/c1-10(2)6-7-12-9-13(4,5)8-11(12)3;1-2/h6-7,10H,8-9H2,1-5H3;1-2H3/b7-6-;. The molecule has 88 valence electrons. The third kappa shape index (κ3) is 5.20. The monoisotopic (exact) mass is 208 g/mol. The summed E-state index contributed by atoms with van der Waals surface area (Å²) in [4.78, 5) is 0. The molecule has 1 aliphatic rings. The Morgan fingerprint density at radius 3 is 2.00 bits per heavy atom. The summed E-state index contributed by atoms with van der Waals surface area (Å²) < 4.78 is 0. The van der Waals surface area contributed by atoms with E-state index >= 15 is 0 Å². The molecular formula is C15H28. The highest BCUT2D eigenvalue weighted by atomic mass is 14.3. The second-order valence-corrected chi connectivity index (χ2v) is 5.43. The average Bonchev–Trinajstić information content (AvgIpc) is 2.39. The molecule has 0 atom stereocenters. The minimum absolute atomic E-state index is 0.501. The van der Waals surface area contributed by atoms with Crippen molar-refractivity contribution < 1.29 is 0 Å². The SMILES string of the molecule is CC.CC1=C(/C=C\C(C)C)CC(C)(C)C1. The smallest absolute Gasteiger partial charge is 0.0225 e. The van der Waals surface area contributed by atoms with E-state index in [1.54, 1.807) is 11.1 Å². The fourth-order valence-corrected chi connectivity index (χ4v) is 2.07. The number of rotatable bonds is 2. The van der Waals surface area contributed by atoms with Crippen molar-refractivity contribution in [2.24, 2.45) is 11.3 Å². The van der Waals surface area contributed by atoms with E-state index in [4.69, 9.17) is 0 Å². The van der Waals surface area contributed by atoms with E-state index in [2.05, 4.69) is 46.8 Å². The first kappa shape index (κ1) is 14.5. The minimum Gasteiger partial charge on any atom is -0.0817 e. The molecule has 0 aromatic heterocycles. The van der Waals surface area contributed by atoms with Crippen LogP contribution < -0.4 is 0 Å². The summed E-state index contributed by atoms with van der Waals surface area (Å²) >= 11 is 0. The maximum absolute atomic E-state index is 2.35. The number of hydrogen-bond donors (Lipinski definition) is 0. The molecule has 0 aromatic carbocycles. The predicted molar refractivity (Wildman–Crippen MR) is 71.0 cm³/mol. The molecule has 0 bridgehead atoms. The largest absolute Gasteiger partial charge is 0.0817 e. The van der Waals surface area contributed by atoms with Crippen LogP contribution in [0.4, 0.5) is 0 Å². The molecule has 0 amide bonds. The lowest BCUT2D eigenvalue weighted by atomic mass is 9.89. The molecule has 0 nitrogen and oxygen atoms in total. The van der Waals surface area contributed by atoms with Crippen molar-refractivity contribution in [3.8, 4) is 0 Å². The molecule has 0 saturated heterocycles. The van der Waals surface area contributed by atoms with Crippen molar-refractivity contribution in [3.05, 3.63) is 23.3 Å². The maximum atomic E-state index is 2.35. The number of hydrogen-bond acceptors (Lipinski definition) is 0. The molecule has 0 heteroatoms. The Kier molecular flexibility index (Phi) is 5.93. The molecule has 1 rings (SSSR count). The van der Waals surface area contributed by atoms with Crippen LogP contribution in [0.2, 0.25) is 0 Å². The molecule has 0 radical (unpaired) electrons. The van der Waals surface area contributed by atoms with E-state index in [1.165, 1.54) is 12.8 Å². The molecule has 0 N–H and O–H groups in total. The van der Waals surface area contributed by atoms with Crippen LogP contribution in [0.5, 0.6) is 0 Å². The Balaban J connectivity index is 0.000000921. The van der Waals surface area contributed by atoms with Gasteiger partial charge in [-0.2, -0.15) is 0 Å². The van der Waals surface area contributed by atoms with Crippen LogP contribution in [0.1, 0.15) is 61.3 Å². The van der Waals surface area contributed by atoms with Crippen molar-refractivity contribution in [3.63, 3.8) is 0 Å². The van der Waals surface area contributed by atoms with Gasteiger partial charge in [-0.15, -0.1) is 0 Å². The van der Waals surface area contributed by atoms with E-state index in [0.29, 0.717) is 11.3 Å². The Morgan fingerprint density at radius 2 is 1.67 bits per heavy atom. The molecule has 0 heterocycles. The molecule has 0 aliphatic heterocycles. The third-order valence-electron chi connectivity index (χ3n) is 2.64. The van der Waals surface area contributed by atoms with Gasteiger partial charge in [-0.1, -0.05) is 59.3 Å². The molecular weight excluding hydrogens is 180 g/mol. The van der Waals surface area contributed by atoms with Gasteiger partial charge in [-0.3, -0.25) is 0 Å². The van der Waals surface area contributed by atoms with E-state index in [0.717, 1.165) is 0 Å². The highest BCUT2D eigenvalue weighted by molar-refractivity contribution is 5.31. The average molecular weight is 208 g/mol. The van der Waals surface area contributed by atoms with Crippen molar-refractivity contribution in [2.75, 3.05) is 0 Å². The summed E-state index contributed by atoms with van der Waals surface area (Å²) in [6, 6.07) is 0. The van der Waals surface area contributed by atoms with Crippen LogP contribution >= 0.6 is 0 Å². The van der Waals surface area contributed by atoms with Crippen LogP contribution in [0.25, 0.3) is 0 Å². The van der Waals surface area contributed by atoms with Gasteiger partial charge in [0.05, 0.1) is 0 Å². The summed E-state index contributed by atoms with van der Waals surface area (Å²) in [7, 11) is 0. The first-order valence-electron chi connectivity index (χ1n) is 6.27. The topological polar surface area (TPSA) is 0 Å². The molecule has 1 aliphatic carbocycles. The molecule has 0 unspecified atom stereocenters. The van der Waals surface area contributed by atoms with Gasteiger partial charge in [0.25, 0.3) is 0 Å². The van der Waals surface area contributed by atoms with Crippen LogP contribution in [-0.4, -0.2) is 0 Å². The lowest BCUT2D eigenvalue weighted by Gasteiger charge is -2.16. The third-order valence-corrected chi connectivity index (χ3v) is 2.64. The van der Waals surface area contributed by atoms with Gasteiger partial charge < -0.3 is 0 Å². The van der Waals surface area contributed by atoms with Gasteiger partial charge in [0.15, 0.2) is 0 Å². The molecule has 0 aromatic rings. The molecule has 0 saturated carbocycles. The fourth-order valence-electron chi connectivity index (χ4n) is 2.07. The van der Waals surface area contributed by atoms with Crippen LogP contribution in [-0.2, 0) is 0 Å². The fraction of sp³-hybridized carbons (Fsp3) is 0.733. The summed E-state index contributed by atoms with van der Waals surface area (Å²) in [6.45, 7) is 15.4. The quantitative estimate of drug-likeness (QED) is 0.573. The van der Waals surface area contributed by atoms with Gasteiger partial charge in [0.1, 0.15) is 0 Å². The predicted octanol–water partition coefficient (Wildman–Crippen LogP) is 5.36. The van der Waals surface area contributed by atoms with Gasteiger partial charge in [-0.05, 0) is 36.7 Å². The minimum atomic E-state index is 0.501. The lowest BCUT2D eigenvalue weighted by molar-refractivity contribution is 0.390. The Morgan fingerprint density at radius 1 is 1.13 bits per heavy atom. The Hall–Kier alpha value is -0.520. The Bertz CT molecular complexity index is 239. The van der Waals surface area contributed by atoms with E-state index in [-0.39, 0.29) is 0 Å². The van der Waals surface area contributed by atoms with Crippen molar-refractivity contribution in [1.82, 2.24) is 0 Å². The lowest BCUT2D eigenvalue weighted by Crippen LogP contribution is -2.04. The highest BCUT2D eigenvalue weighted by Crippen LogP contribution is 2.41. The molecule has 0 spiro atoms. The summed E-state index contributed by atoms with van der Waals surface area (Å²) in [5.74, 6) is 0.670. The summed E-state index contributed by atoms with van der Waals surface area (Å²) in [6.07, 6.45) is 7.15. The van der Waals surface area contributed by atoms with Gasteiger partial charge >= 0.3 is 0 Å². The van der Waals surface area contributed by atoms with Crippen LogP contribution in [0, 0.1) is 11.3 Å². The summed E-state index contributed by atoms with van der Waals surface area (Å²) in [5, 5.41) is 0. The highest BCUT2D eigenvalue weighted by Gasteiger charge is 2.26. The summed E-state index contributed by atoms with van der Waals surface area (Å²) in [5.41, 5.74) is 3.65. The molecule has 15 heavy (non-hydrogen) atoms. The van der Waals surface area contributed by atoms with Gasteiger partial charge in [-0.25, -0.2) is 0 Å². The second-order valence-electron chi connectivity index (χ2n) is 5.43. The second kappa shape index (κ2) is 6.15. The van der Waals surface area contributed by atoms with Gasteiger partial charge in [0, 0.05) is 0 Å². The van der Waals surface area contributed by atoms with Crippen LogP contribution in [0.3, 0.4) is 0 Å². The first-order chi connectivity index (χ1) is 6.91. The van der Waals surface area contributed by atoms with Crippen LogP contribution in [0.15, 0.2) is 23.3 Å². The zero-order chi connectivity index (χ0) is 12.1. The van der Waals surface area contributed by atoms with Gasteiger partial charge in [0.2, 0.25) is 0 Å². The van der Waals surface area contributed by atoms with E-state index in [1.807, 2.05) is 13.8 Å². The normalized spacial score (nSPS) is 19.7. The Labute approximate surface area is 96.5 Å². The zero-order valence-corrected chi connectivity index (χ0v) is 11.6. The van der Waals surface area contributed by atoms with Crippen molar-refractivity contribution >= 4 is 0 Å². The number of allylic oxidation sites excluding steroid dienone is 4. The van der Waals surface area contributed by atoms with Crippen molar-refractivity contribution in [2.45, 2.75) is 61.3 Å². The van der Waals surface area contributed by atoms with E-state index in [9.17, 15) is 0 Å². The van der Waals surface area contributed by atoms with Crippen molar-refractivity contribution in [1.29, 1.82) is 0 Å². The molecule has 0 fully saturated rings. The first-order valence-corrected chi connectivity index (χ1v) is 6.27. The van der Waals surface area contributed by atoms with E-state index < -0.39 is 0 Å².